The fourth-order valence-electron chi connectivity index (χ4n) is 2.57. The van der Waals surface area contributed by atoms with Gasteiger partial charge >= 0.3 is 6.01 Å². The van der Waals surface area contributed by atoms with Gasteiger partial charge in [0.15, 0.2) is 5.82 Å². The van der Waals surface area contributed by atoms with Crippen molar-refractivity contribution >= 4 is 11.6 Å². The maximum atomic E-state index is 13.8. The van der Waals surface area contributed by atoms with Crippen molar-refractivity contribution in [2.75, 3.05) is 25.6 Å². The largest absolute Gasteiger partial charge is 0.460 e. The van der Waals surface area contributed by atoms with Crippen LogP contribution < -0.4 is 10.1 Å². The quantitative estimate of drug-likeness (QED) is 0.586. The molecule has 1 heterocycles. The summed E-state index contributed by atoms with van der Waals surface area (Å²) >= 11 is 0. The summed E-state index contributed by atoms with van der Waals surface area (Å²) in [6.07, 6.45) is 0. The molecule has 7 nitrogen and oxygen atoms in total. The lowest BCUT2D eigenvalue weighted by Gasteiger charge is -2.10. The number of hydrogen-bond donors (Lipinski definition) is 1. The summed E-state index contributed by atoms with van der Waals surface area (Å²) in [5.74, 6) is -0.190. The zero-order chi connectivity index (χ0) is 20.8. The maximum Gasteiger partial charge on any atom is 0.336 e. The van der Waals surface area contributed by atoms with E-state index in [9.17, 15) is 9.18 Å². The van der Waals surface area contributed by atoms with Crippen molar-refractivity contribution in [3.63, 3.8) is 0 Å². The van der Waals surface area contributed by atoms with E-state index < -0.39 is 0 Å². The average Bonchev–Trinajstić information content (AvgIpc) is 3.12. The number of rotatable bonds is 8. The molecule has 0 atom stereocenters. The van der Waals surface area contributed by atoms with Crippen LogP contribution in [-0.2, 0) is 9.53 Å². The summed E-state index contributed by atoms with van der Waals surface area (Å²) < 4.78 is 25.8. The third-order valence-corrected chi connectivity index (χ3v) is 4.07. The van der Waals surface area contributed by atoms with E-state index in [1.807, 2.05) is 19.9 Å². The van der Waals surface area contributed by atoms with E-state index in [4.69, 9.17) is 9.47 Å². The van der Waals surface area contributed by atoms with Gasteiger partial charge in [0.2, 0.25) is 5.91 Å². The smallest absolute Gasteiger partial charge is 0.336 e. The first kappa shape index (κ1) is 20.5. The number of hydrogen-bond acceptors (Lipinski definition) is 5. The SMILES string of the molecule is COCCOc1nc(-c2cccc(F)c2)n(-c2cccc(NC(=O)C(C)C)c2)n1. The van der Waals surface area contributed by atoms with Gasteiger partial charge in [-0.3, -0.25) is 4.79 Å². The molecule has 0 aliphatic rings. The van der Waals surface area contributed by atoms with E-state index in [1.54, 1.807) is 42.1 Å². The second-order valence-corrected chi connectivity index (χ2v) is 6.68. The Hall–Kier alpha value is -3.26. The van der Waals surface area contributed by atoms with Crippen LogP contribution in [0.5, 0.6) is 6.01 Å². The molecule has 1 N–H and O–H groups in total. The fraction of sp³-hybridized carbons (Fsp3) is 0.286. The molecule has 0 aliphatic heterocycles. The molecule has 0 saturated carbocycles. The highest BCUT2D eigenvalue weighted by Crippen LogP contribution is 2.25. The van der Waals surface area contributed by atoms with E-state index in [0.717, 1.165) is 0 Å². The van der Waals surface area contributed by atoms with Gasteiger partial charge in [-0.15, -0.1) is 5.10 Å². The molecule has 2 aromatic carbocycles. The van der Waals surface area contributed by atoms with Crippen LogP contribution in [0.1, 0.15) is 13.8 Å². The lowest BCUT2D eigenvalue weighted by Crippen LogP contribution is -2.17. The molecule has 0 spiro atoms. The molecule has 3 rings (SSSR count). The zero-order valence-electron chi connectivity index (χ0n) is 16.6. The molecule has 3 aromatic rings. The first-order valence-electron chi connectivity index (χ1n) is 9.24. The van der Waals surface area contributed by atoms with Crippen molar-refractivity contribution in [2.45, 2.75) is 13.8 Å². The number of nitrogens with zero attached hydrogens (tertiary/aromatic N) is 3. The molecule has 29 heavy (non-hydrogen) atoms. The Bertz CT molecular complexity index is 988. The van der Waals surface area contributed by atoms with Crippen LogP contribution in [0.2, 0.25) is 0 Å². The minimum absolute atomic E-state index is 0.0883. The van der Waals surface area contributed by atoms with Crippen molar-refractivity contribution in [3.8, 4) is 23.1 Å². The van der Waals surface area contributed by atoms with Crippen molar-refractivity contribution in [1.82, 2.24) is 14.8 Å². The Morgan fingerprint density at radius 3 is 2.69 bits per heavy atom. The Balaban J connectivity index is 1.99. The predicted octanol–water partition coefficient (Wildman–Crippen LogP) is 3.69. The number of aromatic nitrogens is 3. The molecule has 1 amide bonds. The number of halogens is 1. The van der Waals surface area contributed by atoms with E-state index in [1.165, 1.54) is 12.1 Å². The van der Waals surface area contributed by atoms with Crippen LogP contribution in [0.15, 0.2) is 48.5 Å². The van der Waals surface area contributed by atoms with E-state index in [0.29, 0.717) is 29.4 Å². The van der Waals surface area contributed by atoms with Crippen molar-refractivity contribution in [3.05, 3.63) is 54.3 Å². The maximum absolute atomic E-state index is 13.8. The first-order chi connectivity index (χ1) is 14.0. The van der Waals surface area contributed by atoms with Gasteiger partial charge in [-0.05, 0) is 30.3 Å². The first-order valence-corrected chi connectivity index (χ1v) is 9.24. The Morgan fingerprint density at radius 1 is 1.17 bits per heavy atom. The van der Waals surface area contributed by atoms with Crippen molar-refractivity contribution < 1.29 is 18.7 Å². The van der Waals surface area contributed by atoms with Gasteiger partial charge in [-0.25, -0.2) is 9.07 Å². The topological polar surface area (TPSA) is 78.3 Å². The number of carbonyl (C=O) groups is 1. The minimum atomic E-state index is -0.378. The number of carbonyl (C=O) groups excluding carboxylic acids is 1. The minimum Gasteiger partial charge on any atom is -0.460 e. The third kappa shape index (κ3) is 5.17. The van der Waals surface area contributed by atoms with Crippen LogP contribution in [0.25, 0.3) is 17.1 Å². The van der Waals surface area contributed by atoms with Crippen LogP contribution in [-0.4, -0.2) is 41.0 Å². The number of methoxy groups -OCH3 is 1. The normalized spacial score (nSPS) is 10.9. The summed E-state index contributed by atoms with van der Waals surface area (Å²) in [5.41, 5.74) is 1.83. The standard InChI is InChI=1S/C21H23FN4O3/c1-14(2)20(27)23-17-8-5-9-18(13-17)26-19(15-6-4-7-16(22)12-15)24-21(25-26)29-11-10-28-3/h4-9,12-14H,10-11H2,1-3H3,(H,23,27). The molecule has 0 bridgehead atoms. The molecule has 152 valence electrons. The monoisotopic (exact) mass is 398 g/mol. The van der Waals surface area contributed by atoms with Gasteiger partial charge in [0, 0.05) is 24.3 Å². The summed E-state index contributed by atoms with van der Waals surface area (Å²) in [7, 11) is 1.57. The molecule has 0 saturated heterocycles. The summed E-state index contributed by atoms with van der Waals surface area (Å²) in [5, 5.41) is 7.27. The van der Waals surface area contributed by atoms with Crippen LogP contribution >= 0.6 is 0 Å². The Morgan fingerprint density at radius 2 is 1.97 bits per heavy atom. The molecule has 1 aromatic heterocycles. The van der Waals surface area contributed by atoms with E-state index >= 15 is 0 Å². The Labute approximate surface area is 168 Å². The summed E-state index contributed by atoms with van der Waals surface area (Å²) in [6, 6.07) is 13.4. The number of amides is 1. The molecular formula is C21H23FN4O3. The lowest BCUT2D eigenvalue weighted by molar-refractivity contribution is -0.118. The molecular weight excluding hydrogens is 375 g/mol. The summed E-state index contributed by atoms with van der Waals surface area (Å²) in [4.78, 5) is 16.4. The molecule has 8 heteroatoms. The summed E-state index contributed by atoms with van der Waals surface area (Å²) in [6.45, 7) is 4.32. The zero-order valence-corrected chi connectivity index (χ0v) is 16.6. The molecule has 0 unspecified atom stereocenters. The number of benzene rings is 2. The van der Waals surface area contributed by atoms with Gasteiger partial charge in [0.25, 0.3) is 0 Å². The highest BCUT2D eigenvalue weighted by Gasteiger charge is 2.16. The average molecular weight is 398 g/mol. The number of anilines is 1. The second-order valence-electron chi connectivity index (χ2n) is 6.68. The highest BCUT2D eigenvalue weighted by molar-refractivity contribution is 5.92. The second kappa shape index (κ2) is 9.29. The molecule has 0 aliphatic carbocycles. The number of ether oxygens (including phenoxy) is 2. The fourth-order valence-corrected chi connectivity index (χ4v) is 2.57. The van der Waals surface area contributed by atoms with Crippen molar-refractivity contribution in [1.29, 1.82) is 0 Å². The van der Waals surface area contributed by atoms with Gasteiger partial charge in [-0.2, -0.15) is 4.98 Å². The van der Waals surface area contributed by atoms with E-state index in [-0.39, 0.29) is 30.3 Å². The van der Waals surface area contributed by atoms with Gasteiger partial charge < -0.3 is 14.8 Å². The van der Waals surface area contributed by atoms with E-state index in [2.05, 4.69) is 15.4 Å². The van der Waals surface area contributed by atoms with Crippen LogP contribution in [0, 0.1) is 11.7 Å². The number of nitrogens with one attached hydrogen (secondary N) is 1. The molecule has 0 radical (unpaired) electrons. The highest BCUT2D eigenvalue weighted by atomic mass is 19.1. The third-order valence-electron chi connectivity index (χ3n) is 4.07. The van der Waals surface area contributed by atoms with Gasteiger partial charge in [0.05, 0.1) is 12.3 Å². The van der Waals surface area contributed by atoms with Crippen LogP contribution in [0.3, 0.4) is 0 Å². The van der Waals surface area contributed by atoms with Gasteiger partial charge in [0.1, 0.15) is 12.4 Å². The predicted molar refractivity (Wildman–Crippen MR) is 108 cm³/mol. The Kier molecular flexibility index (Phi) is 6.56. The lowest BCUT2D eigenvalue weighted by atomic mass is 10.2. The van der Waals surface area contributed by atoms with Crippen LogP contribution in [0.4, 0.5) is 10.1 Å². The van der Waals surface area contributed by atoms with Crippen molar-refractivity contribution in [2.24, 2.45) is 5.92 Å². The molecule has 0 fully saturated rings. The van der Waals surface area contributed by atoms with Gasteiger partial charge in [-0.1, -0.05) is 32.0 Å².